The topological polar surface area (TPSA) is 84.7 Å². The van der Waals surface area contributed by atoms with Crippen molar-refractivity contribution in [2.45, 2.75) is 0 Å². The fourth-order valence-corrected chi connectivity index (χ4v) is 3.36. The third-order valence-corrected chi connectivity index (χ3v) is 4.82. The van der Waals surface area contributed by atoms with E-state index in [1.54, 1.807) is 30.3 Å². The molecule has 7 heteroatoms. The quantitative estimate of drug-likeness (QED) is 0.563. The fraction of sp³-hybridized carbons (Fsp3) is 0.0870. The molecule has 1 aliphatic rings. The Morgan fingerprint density at radius 3 is 2.60 bits per heavy atom. The predicted molar refractivity (Wildman–Crippen MR) is 112 cm³/mol. The minimum absolute atomic E-state index is 0.0799. The van der Waals surface area contributed by atoms with Gasteiger partial charge in [0.05, 0.1) is 5.69 Å². The number of para-hydroxylation sites is 4. The van der Waals surface area contributed by atoms with E-state index in [0.717, 1.165) is 16.7 Å². The average molecular weight is 399 g/mol. The average Bonchev–Trinajstić information content (AvgIpc) is 3.20. The Balaban J connectivity index is 1.29. The number of benzene rings is 3. The van der Waals surface area contributed by atoms with Crippen molar-refractivity contribution in [2.75, 3.05) is 23.4 Å². The van der Waals surface area contributed by atoms with Crippen LogP contribution in [0.3, 0.4) is 0 Å². The molecule has 0 bridgehead atoms. The van der Waals surface area contributed by atoms with Gasteiger partial charge < -0.3 is 14.5 Å². The smallest absolute Gasteiger partial charge is 0.265 e. The maximum Gasteiger partial charge on any atom is 0.265 e. The van der Waals surface area contributed by atoms with Gasteiger partial charge in [0.2, 0.25) is 11.8 Å². The lowest BCUT2D eigenvalue weighted by atomic mass is 10.2. The number of hydrogen-bond acceptors (Lipinski definition) is 5. The molecule has 148 valence electrons. The van der Waals surface area contributed by atoms with E-state index in [4.69, 9.17) is 9.15 Å². The molecule has 2 amide bonds. The third-order valence-electron chi connectivity index (χ3n) is 4.82. The number of carbonyl (C=O) groups excluding carboxylic acids is 2. The zero-order valence-electron chi connectivity index (χ0n) is 15.9. The van der Waals surface area contributed by atoms with Gasteiger partial charge in [-0.05, 0) is 48.5 Å². The van der Waals surface area contributed by atoms with E-state index in [1.807, 2.05) is 42.5 Å². The van der Waals surface area contributed by atoms with Crippen molar-refractivity contribution in [3.05, 3.63) is 72.8 Å². The molecule has 0 radical (unpaired) electrons. The van der Waals surface area contributed by atoms with E-state index in [1.165, 1.54) is 4.90 Å². The number of nitrogens with one attached hydrogen (secondary N) is 1. The highest BCUT2D eigenvalue weighted by atomic mass is 16.5. The lowest BCUT2D eigenvalue weighted by Gasteiger charge is -2.28. The van der Waals surface area contributed by atoms with Gasteiger partial charge in [-0.1, -0.05) is 24.3 Å². The largest absolute Gasteiger partial charge is 0.482 e. The highest BCUT2D eigenvalue weighted by Crippen LogP contribution is 2.31. The summed E-state index contributed by atoms with van der Waals surface area (Å²) in [4.78, 5) is 30.7. The number of nitrogens with zero attached hydrogens (tertiary/aromatic N) is 2. The first-order valence-corrected chi connectivity index (χ1v) is 9.45. The molecule has 5 rings (SSSR count). The number of oxazole rings is 1. The van der Waals surface area contributed by atoms with Gasteiger partial charge in [-0.25, -0.2) is 4.98 Å². The lowest BCUT2D eigenvalue weighted by Crippen LogP contribution is -2.43. The van der Waals surface area contributed by atoms with Gasteiger partial charge in [0.25, 0.3) is 5.91 Å². The van der Waals surface area contributed by atoms with E-state index in [0.29, 0.717) is 23.0 Å². The van der Waals surface area contributed by atoms with Gasteiger partial charge >= 0.3 is 0 Å². The summed E-state index contributed by atoms with van der Waals surface area (Å²) >= 11 is 0. The molecule has 2 heterocycles. The number of fused-ring (bicyclic) bond motifs is 2. The molecule has 0 unspecified atom stereocenters. The van der Waals surface area contributed by atoms with Crippen molar-refractivity contribution in [1.29, 1.82) is 0 Å². The molecule has 0 aliphatic carbocycles. The van der Waals surface area contributed by atoms with Crippen LogP contribution in [0.5, 0.6) is 5.75 Å². The first-order valence-electron chi connectivity index (χ1n) is 9.45. The van der Waals surface area contributed by atoms with E-state index in [9.17, 15) is 9.59 Å². The van der Waals surface area contributed by atoms with Crippen LogP contribution in [-0.4, -0.2) is 29.9 Å². The van der Waals surface area contributed by atoms with Crippen molar-refractivity contribution in [1.82, 2.24) is 4.98 Å². The lowest BCUT2D eigenvalue weighted by molar-refractivity contribution is -0.123. The maximum atomic E-state index is 12.5. The highest BCUT2D eigenvalue weighted by molar-refractivity contribution is 6.05. The zero-order chi connectivity index (χ0) is 20.5. The molecule has 1 aromatic heterocycles. The monoisotopic (exact) mass is 399 g/mol. The molecule has 0 fully saturated rings. The molecular weight excluding hydrogens is 382 g/mol. The van der Waals surface area contributed by atoms with Crippen LogP contribution >= 0.6 is 0 Å². The second-order valence-corrected chi connectivity index (χ2v) is 6.85. The Bertz CT molecular complexity index is 1210. The number of carbonyl (C=O) groups is 2. The van der Waals surface area contributed by atoms with Crippen molar-refractivity contribution in [2.24, 2.45) is 0 Å². The van der Waals surface area contributed by atoms with Gasteiger partial charge in [0, 0.05) is 11.3 Å². The summed E-state index contributed by atoms with van der Waals surface area (Å²) in [6.07, 6.45) is 0. The molecule has 1 aliphatic heterocycles. The van der Waals surface area contributed by atoms with Crippen LogP contribution in [0.25, 0.3) is 22.6 Å². The second-order valence-electron chi connectivity index (χ2n) is 6.85. The summed E-state index contributed by atoms with van der Waals surface area (Å²) in [7, 11) is 0. The maximum absolute atomic E-state index is 12.5. The van der Waals surface area contributed by atoms with Crippen molar-refractivity contribution in [3.8, 4) is 17.2 Å². The van der Waals surface area contributed by atoms with Gasteiger partial charge in [-0.15, -0.1) is 0 Å². The van der Waals surface area contributed by atoms with Crippen LogP contribution in [0.15, 0.2) is 77.2 Å². The third kappa shape index (κ3) is 3.37. The summed E-state index contributed by atoms with van der Waals surface area (Å²) in [5, 5.41) is 2.82. The number of aromatic nitrogens is 1. The molecule has 0 atom stereocenters. The summed E-state index contributed by atoms with van der Waals surface area (Å²) < 4.78 is 11.2. The number of hydrogen-bond donors (Lipinski definition) is 1. The number of ether oxygens (including phenoxy) is 1. The molecule has 0 saturated carbocycles. The molecule has 30 heavy (non-hydrogen) atoms. The molecule has 0 saturated heterocycles. The fourth-order valence-electron chi connectivity index (χ4n) is 3.36. The second kappa shape index (κ2) is 7.36. The van der Waals surface area contributed by atoms with Gasteiger partial charge in [0.1, 0.15) is 17.8 Å². The molecule has 4 aromatic rings. The van der Waals surface area contributed by atoms with Crippen LogP contribution in [-0.2, 0) is 9.59 Å². The molecular formula is C23H17N3O4. The summed E-state index contributed by atoms with van der Waals surface area (Å²) in [5.41, 5.74) is 3.53. The summed E-state index contributed by atoms with van der Waals surface area (Å²) in [6, 6.07) is 21.9. The van der Waals surface area contributed by atoms with Crippen LogP contribution in [0.1, 0.15) is 0 Å². The van der Waals surface area contributed by atoms with Crippen molar-refractivity contribution >= 4 is 34.3 Å². The van der Waals surface area contributed by atoms with Crippen molar-refractivity contribution < 1.29 is 18.7 Å². The Kier molecular flexibility index (Phi) is 4.40. The molecule has 0 spiro atoms. The van der Waals surface area contributed by atoms with E-state index in [-0.39, 0.29) is 25.0 Å². The van der Waals surface area contributed by atoms with E-state index >= 15 is 0 Å². The first kappa shape index (κ1) is 17.9. The van der Waals surface area contributed by atoms with Gasteiger partial charge in [0.15, 0.2) is 12.2 Å². The number of rotatable bonds is 4. The van der Waals surface area contributed by atoms with Crippen LogP contribution in [0.2, 0.25) is 0 Å². The Morgan fingerprint density at radius 2 is 1.77 bits per heavy atom. The van der Waals surface area contributed by atoms with E-state index < -0.39 is 0 Å². The zero-order valence-corrected chi connectivity index (χ0v) is 15.9. The molecule has 3 aromatic carbocycles. The number of anilines is 2. The van der Waals surface area contributed by atoms with Crippen LogP contribution in [0, 0.1) is 0 Å². The predicted octanol–water partition coefficient (Wildman–Crippen LogP) is 3.86. The Morgan fingerprint density at radius 1 is 1.00 bits per heavy atom. The summed E-state index contributed by atoms with van der Waals surface area (Å²) in [6.45, 7) is -0.171. The normalized spacial score (nSPS) is 13.1. The first-order chi connectivity index (χ1) is 14.7. The minimum Gasteiger partial charge on any atom is -0.482 e. The minimum atomic E-state index is -0.297. The van der Waals surface area contributed by atoms with Gasteiger partial charge in [-0.3, -0.25) is 14.5 Å². The Hall–Kier alpha value is -4.13. The van der Waals surface area contributed by atoms with E-state index in [2.05, 4.69) is 10.3 Å². The van der Waals surface area contributed by atoms with Gasteiger partial charge in [-0.2, -0.15) is 0 Å². The number of amides is 2. The molecule has 1 N–H and O–H groups in total. The van der Waals surface area contributed by atoms with Crippen molar-refractivity contribution in [3.63, 3.8) is 0 Å². The Labute approximate surface area is 171 Å². The summed E-state index contributed by atoms with van der Waals surface area (Å²) in [5.74, 6) is 0.557. The standard InChI is InChI=1S/C23H17N3O4/c27-21(13-26-18-6-2-4-8-20(18)29-14-22(26)28)24-16-11-9-15(10-12-16)23-25-17-5-1-3-7-19(17)30-23/h1-12H,13-14H2,(H,24,27). The van der Waals surface area contributed by atoms with Crippen LogP contribution in [0.4, 0.5) is 11.4 Å². The highest BCUT2D eigenvalue weighted by Gasteiger charge is 2.26. The SMILES string of the molecule is O=C(CN1C(=O)COc2ccccc21)Nc1ccc(-c2nc3ccccc3o2)cc1. The van der Waals surface area contributed by atoms with Crippen LogP contribution < -0.4 is 15.0 Å². The molecule has 7 nitrogen and oxygen atoms in total.